The maximum atomic E-state index is 5.45. The molecule has 1 aliphatic rings. The number of aromatic nitrogens is 1. The summed E-state index contributed by atoms with van der Waals surface area (Å²) >= 11 is 5.45. The molecule has 4 nitrogen and oxygen atoms in total. The lowest BCUT2D eigenvalue weighted by Crippen LogP contribution is -2.35. The van der Waals surface area contributed by atoms with Gasteiger partial charge in [-0.05, 0) is 86.5 Å². The van der Waals surface area contributed by atoms with E-state index < -0.39 is 0 Å². The maximum absolute atomic E-state index is 5.45. The van der Waals surface area contributed by atoms with Gasteiger partial charge in [0.05, 0.1) is 0 Å². The highest BCUT2D eigenvalue weighted by Gasteiger charge is 2.11. The predicted molar refractivity (Wildman–Crippen MR) is 150 cm³/mol. The second kappa shape index (κ2) is 10.4. The highest BCUT2D eigenvalue weighted by Crippen LogP contribution is 2.30. The van der Waals surface area contributed by atoms with Crippen molar-refractivity contribution in [1.29, 1.82) is 0 Å². The van der Waals surface area contributed by atoms with Crippen molar-refractivity contribution in [2.24, 2.45) is 0 Å². The standard InChI is InChI=1S/C29H32N4S/c1-2-33-27-8-4-3-7-25(27)26-21-23(13-16-28(26)33)10-9-22-11-14-24(15-12-22)31-29(34)30-17-20-32-18-5-6-19-32/h3-4,7-16,21H,2,5-6,17-20H2,1H3,(H2,30,31,34)/b10-9+. The molecule has 2 heterocycles. The Morgan fingerprint density at radius 1 is 0.882 bits per heavy atom. The average Bonchev–Trinajstić information content (AvgIpc) is 3.49. The number of nitrogens with one attached hydrogen (secondary N) is 2. The molecule has 5 heteroatoms. The third-order valence-corrected chi connectivity index (χ3v) is 6.91. The van der Waals surface area contributed by atoms with Crippen molar-refractivity contribution in [3.8, 4) is 0 Å². The van der Waals surface area contributed by atoms with Crippen LogP contribution in [0.2, 0.25) is 0 Å². The second-order valence-corrected chi connectivity index (χ2v) is 9.33. The number of fused-ring (bicyclic) bond motifs is 3. The highest BCUT2D eigenvalue weighted by molar-refractivity contribution is 7.80. The lowest BCUT2D eigenvalue weighted by Gasteiger charge is -2.16. The molecule has 1 aliphatic heterocycles. The van der Waals surface area contributed by atoms with E-state index in [1.165, 1.54) is 53.3 Å². The van der Waals surface area contributed by atoms with Crippen LogP contribution in [0.3, 0.4) is 0 Å². The summed E-state index contributed by atoms with van der Waals surface area (Å²) < 4.78 is 2.38. The van der Waals surface area contributed by atoms with Gasteiger partial charge in [-0.15, -0.1) is 0 Å². The Balaban J connectivity index is 1.22. The van der Waals surface area contributed by atoms with Gasteiger partial charge in [0.1, 0.15) is 0 Å². The van der Waals surface area contributed by atoms with Crippen LogP contribution in [0, 0.1) is 0 Å². The van der Waals surface area contributed by atoms with Crippen molar-refractivity contribution in [2.45, 2.75) is 26.3 Å². The summed E-state index contributed by atoms with van der Waals surface area (Å²) in [4.78, 5) is 2.48. The van der Waals surface area contributed by atoms with Gasteiger partial charge in [0.25, 0.3) is 0 Å². The van der Waals surface area contributed by atoms with Crippen molar-refractivity contribution < 1.29 is 0 Å². The summed E-state index contributed by atoms with van der Waals surface area (Å²) in [5.74, 6) is 0. The van der Waals surface area contributed by atoms with Crippen molar-refractivity contribution in [1.82, 2.24) is 14.8 Å². The molecule has 0 spiro atoms. The fourth-order valence-corrected chi connectivity index (χ4v) is 5.11. The van der Waals surface area contributed by atoms with Gasteiger partial charge in [0.2, 0.25) is 0 Å². The quantitative estimate of drug-likeness (QED) is 0.244. The van der Waals surface area contributed by atoms with Gasteiger partial charge in [0.15, 0.2) is 5.11 Å². The summed E-state index contributed by atoms with van der Waals surface area (Å²) in [5.41, 5.74) is 5.96. The monoisotopic (exact) mass is 468 g/mol. The highest BCUT2D eigenvalue weighted by atomic mass is 32.1. The Morgan fingerprint density at radius 3 is 2.38 bits per heavy atom. The molecule has 0 aliphatic carbocycles. The molecule has 3 aromatic carbocycles. The van der Waals surface area contributed by atoms with Crippen molar-refractivity contribution in [3.05, 3.63) is 77.9 Å². The van der Waals surface area contributed by atoms with E-state index in [0.717, 1.165) is 30.9 Å². The molecule has 4 aromatic rings. The van der Waals surface area contributed by atoms with Gasteiger partial charge in [-0.25, -0.2) is 0 Å². The first-order valence-electron chi connectivity index (χ1n) is 12.3. The number of rotatable bonds is 7. The van der Waals surface area contributed by atoms with Crippen LogP contribution in [0.5, 0.6) is 0 Å². The van der Waals surface area contributed by atoms with Crippen molar-refractivity contribution in [3.63, 3.8) is 0 Å². The fourth-order valence-electron chi connectivity index (χ4n) is 4.89. The molecule has 34 heavy (non-hydrogen) atoms. The summed E-state index contributed by atoms with van der Waals surface area (Å²) in [6.07, 6.45) is 6.99. The fraction of sp³-hybridized carbons (Fsp3) is 0.276. The maximum Gasteiger partial charge on any atom is 0.170 e. The summed E-state index contributed by atoms with van der Waals surface area (Å²) in [6.45, 7) is 7.54. The third-order valence-electron chi connectivity index (χ3n) is 6.66. The van der Waals surface area contributed by atoms with Crippen LogP contribution in [0.1, 0.15) is 30.9 Å². The van der Waals surface area contributed by atoms with E-state index >= 15 is 0 Å². The van der Waals surface area contributed by atoms with Crippen molar-refractivity contribution in [2.75, 3.05) is 31.5 Å². The topological polar surface area (TPSA) is 32.2 Å². The predicted octanol–water partition coefficient (Wildman–Crippen LogP) is 6.37. The van der Waals surface area contributed by atoms with Gasteiger partial charge in [0, 0.05) is 47.1 Å². The average molecular weight is 469 g/mol. The molecule has 1 fully saturated rings. The number of anilines is 1. The first-order chi connectivity index (χ1) is 16.7. The van der Waals surface area contributed by atoms with Crippen LogP contribution in [-0.4, -0.2) is 40.8 Å². The van der Waals surface area contributed by atoms with Gasteiger partial charge >= 0.3 is 0 Å². The number of hydrogen-bond donors (Lipinski definition) is 2. The van der Waals surface area contributed by atoms with Crippen LogP contribution < -0.4 is 10.6 Å². The lowest BCUT2D eigenvalue weighted by molar-refractivity contribution is 0.344. The molecule has 0 amide bonds. The zero-order valence-corrected chi connectivity index (χ0v) is 20.6. The summed E-state index contributed by atoms with van der Waals surface area (Å²) in [7, 11) is 0. The zero-order chi connectivity index (χ0) is 23.3. The number of benzene rings is 3. The Labute approximate surface area is 207 Å². The molecule has 0 saturated carbocycles. The smallest absolute Gasteiger partial charge is 0.170 e. The number of likely N-dealkylation sites (tertiary alicyclic amines) is 1. The van der Waals surface area contributed by atoms with E-state index in [4.69, 9.17) is 12.2 Å². The number of nitrogens with zero attached hydrogens (tertiary/aromatic N) is 2. The molecule has 2 N–H and O–H groups in total. The lowest BCUT2D eigenvalue weighted by atomic mass is 10.1. The number of aryl methyl sites for hydroxylation is 1. The van der Waals surface area contributed by atoms with Crippen LogP contribution in [-0.2, 0) is 6.54 Å². The van der Waals surface area contributed by atoms with Crippen LogP contribution in [0.4, 0.5) is 5.69 Å². The van der Waals surface area contributed by atoms with E-state index in [-0.39, 0.29) is 0 Å². The molecule has 1 saturated heterocycles. The molecule has 0 atom stereocenters. The van der Waals surface area contributed by atoms with Crippen molar-refractivity contribution >= 4 is 57.0 Å². The Kier molecular flexibility index (Phi) is 6.93. The van der Waals surface area contributed by atoms with Gasteiger partial charge in [-0.3, -0.25) is 0 Å². The minimum Gasteiger partial charge on any atom is -0.361 e. The summed E-state index contributed by atoms with van der Waals surface area (Å²) in [6, 6.07) is 23.8. The van der Waals surface area contributed by atoms with Crippen LogP contribution >= 0.6 is 12.2 Å². The molecular formula is C29H32N4S. The Bertz CT molecular complexity index is 1310. The van der Waals surface area contributed by atoms with E-state index in [0.29, 0.717) is 5.11 Å². The van der Waals surface area contributed by atoms with E-state index in [9.17, 15) is 0 Å². The zero-order valence-electron chi connectivity index (χ0n) is 19.8. The molecule has 5 rings (SSSR count). The van der Waals surface area contributed by atoms with Crippen LogP contribution in [0.25, 0.3) is 34.0 Å². The number of para-hydroxylation sites is 1. The molecule has 0 radical (unpaired) electrons. The minimum absolute atomic E-state index is 0.682. The van der Waals surface area contributed by atoms with Crippen LogP contribution in [0.15, 0.2) is 66.7 Å². The first kappa shape index (κ1) is 22.6. The normalized spacial score (nSPS) is 14.4. The molecule has 0 bridgehead atoms. The molecule has 1 aromatic heterocycles. The van der Waals surface area contributed by atoms with Gasteiger partial charge < -0.3 is 20.1 Å². The van der Waals surface area contributed by atoms with Gasteiger partial charge in [-0.2, -0.15) is 0 Å². The molecule has 174 valence electrons. The molecular weight excluding hydrogens is 436 g/mol. The Morgan fingerprint density at radius 2 is 1.59 bits per heavy atom. The summed E-state index contributed by atoms with van der Waals surface area (Å²) in [5, 5.41) is 9.91. The number of hydrogen-bond acceptors (Lipinski definition) is 2. The number of thiocarbonyl (C=S) groups is 1. The SMILES string of the molecule is CCn1c2ccccc2c2cc(/C=C/c3ccc(NC(=S)NCCN4CCCC4)cc3)ccc21. The van der Waals surface area contributed by atoms with E-state index in [1.54, 1.807) is 0 Å². The molecule has 0 unspecified atom stereocenters. The first-order valence-corrected chi connectivity index (χ1v) is 12.7. The Hall–Kier alpha value is -3.15. The van der Waals surface area contributed by atoms with Gasteiger partial charge in [-0.1, -0.05) is 48.6 Å². The minimum atomic E-state index is 0.682. The van der Waals surface area contributed by atoms with E-state index in [1.807, 2.05) is 0 Å². The van der Waals surface area contributed by atoms with E-state index in [2.05, 4.69) is 106 Å². The largest absolute Gasteiger partial charge is 0.361 e. The second-order valence-electron chi connectivity index (χ2n) is 8.92. The third kappa shape index (κ3) is 5.01.